The minimum absolute atomic E-state index is 0.169. The van der Waals surface area contributed by atoms with Gasteiger partial charge in [0.05, 0.1) is 18.7 Å². The molecule has 1 aliphatic rings. The maximum Gasteiger partial charge on any atom is 0.332 e. The van der Waals surface area contributed by atoms with Gasteiger partial charge in [-0.3, -0.25) is 9.59 Å². The molecule has 8 heteroatoms. The van der Waals surface area contributed by atoms with Crippen molar-refractivity contribution in [3.63, 3.8) is 0 Å². The molecule has 0 aromatic heterocycles. The molecule has 1 atom stereocenters. The quantitative estimate of drug-likeness (QED) is 0.743. The van der Waals surface area contributed by atoms with Crippen LogP contribution < -0.4 is 10.2 Å². The average Bonchev–Trinajstić information content (AvgIpc) is 2.90. The number of para-hydroxylation sites is 1. The summed E-state index contributed by atoms with van der Waals surface area (Å²) in [6.07, 6.45) is -0.242. The number of imide groups is 1. The van der Waals surface area contributed by atoms with E-state index in [0.717, 1.165) is 4.90 Å². The van der Waals surface area contributed by atoms with Crippen LogP contribution in [-0.4, -0.2) is 49.0 Å². The number of amides is 4. The number of nitrogens with one attached hydrogen (secondary N) is 1. The molecule has 1 saturated heterocycles. The van der Waals surface area contributed by atoms with Gasteiger partial charge in [-0.2, -0.15) is 0 Å². The Labute approximate surface area is 161 Å². The van der Waals surface area contributed by atoms with Gasteiger partial charge < -0.3 is 15.0 Å². The Balaban J connectivity index is 1.79. The molecule has 0 bridgehead atoms. The van der Waals surface area contributed by atoms with Gasteiger partial charge >= 0.3 is 6.03 Å². The number of anilines is 2. The Morgan fingerprint density at radius 3 is 2.57 bits per heavy atom. The minimum atomic E-state index is -0.962. The second-order valence-corrected chi connectivity index (χ2v) is 6.26. The van der Waals surface area contributed by atoms with E-state index in [9.17, 15) is 18.8 Å². The Kier molecular flexibility index (Phi) is 6.00. The molecular formula is C20H20FN3O4. The Morgan fingerprint density at radius 2 is 1.89 bits per heavy atom. The van der Waals surface area contributed by atoms with Crippen LogP contribution in [0, 0.1) is 5.82 Å². The first-order chi connectivity index (χ1) is 13.5. The molecule has 0 aliphatic carbocycles. The van der Waals surface area contributed by atoms with Crippen molar-refractivity contribution in [2.24, 2.45) is 0 Å². The summed E-state index contributed by atoms with van der Waals surface area (Å²) in [5.74, 6) is -1.46. The predicted octanol–water partition coefficient (Wildman–Crippen LogP) is 2.64. The van der Waals surface area contributed by atoms with E-state index in [1.165, 1.54) is 30.2 Å². The van der Waals surface area contributed by atoms with Crippen molar-refractivity contribution < 1.29 is 23.5 Å². The van der Waals surface area contributed by atoms with E-state index in [1.807, 2.05) is 0 Å². The van der Waals surface area contributed by atoms with Crippen molar-refractivity contribution in [1.82, 2.24) is 4.90 Å². The highest BCUT2D eigenvalue weighted by molar-refractivity contribution is 6.22. The van der Waals surface area contributed by atoms with Gasteiger partial charge in [0.2, 0.25) is 5.91 Å². The van der Waals surface area contributed by atoms with E-state index in [1.54, 1.807) is 36.4 Å². The van der Waals surface area contributed by atoms with Crippen LogP contribution in [0.5, 0.6) is 0 Å². The fraction of sp³-hybridized carbons (Fsp3) is 0.250. The fourth-order valence-electron chi connectivity index (χ4n) is 3.05. The van der Waals surface area contributed by atoms with Crippen LogP contribution in [0.25, 0.3) is 0 Å². The van der Waals surface area contributed by atoms with Crippen LogP contribution in [0.4, 0.5) is 20.6 Å². The van der Waals surface area contributed by atoms with Crippen molar-refractivity contribution in [3.8, 4) is 0 Å². The molecule has 1 heterocycles. The zero-order valence-electron chi connectivity index (χ0n) is 15.3. The minimum Gasteiger partial charge on any atom is -0.383 e. The normalized spacial score (nSPS) is 16.6. The summed E-state index contributed by atoms with van der Waals surface area (Å²) in [5.41, 5.74) is 0.720. The zero-order valence-corrected chi connectivity index (χ0v) is 15.3. The first-order valence-corrected chi connectivity index (χ1v) is 8.75. The van der Waals surface area contributed by atoms with Gasteiger partial charge in [-0.15, -0.1) is 0 Å². The highest BCUT2D eigenvalue weighted by atomic mass is 19.1. The van der Waals surface area contributed by atoms with Gasteiger partial charge in [0.15, 0.2) is 0 Å². The van der Waals surface area contributed by atoms with Crippen molar-refractivity contribution in [2.75, 3.05) is 30.5 Å². The third-order valence-corrected chi connectivity index (χ3v) is 4.36. The van der Waals surface area contributed by atoms with E-state index in [0.29, 0.717) is 5.69 Å². The van der Waals surface area contributed by atoms with Crippen molar-refractivity contribution in [1.29, 1.82) is 0 Å². The van der Waals surface area contributed by atoms with Gasteiger partial charge in [0.25, 0.3) is 5.91 Å². The predicted molar refractivity (Wildman–Crippen MR) is 101 cm³/mol. The number of halogens is 1. The molecule has 7 nitrogen and oxygen atoms in total. The number of nitrogens with zero attached hydrogens (tertiary/aromatic N) is 2. The first-order valence-electron chi connectivity index (χ1n) is 8.75. The maximum atomic E-state index is 13.3. The molecular weight excluding hydrogens is 365 g/mol. The summed E-state index contributed by atoms with van der Waals surface area (Å²) in [6.45, 7) is 0.395. The van der Waals surface area contributed by atoms with Crippen molar-refractivity contribution in [2.45, 2.75) is 12.5 Å². The highest BCUT2D eigenvalue weighted by Crippen LogP contribution is 2.26. The highest BCUT2D eigenvalue weighted by Gasteiger charge is 2.46. The van der Waals surface area contributed by atoms with E-state index < -0.39 is 29.7 Å². The van der Waals surface area contributed by atoms with Crippen LogP contribution in [0.15, 0.2) is 54.6 Å². The zero-order chi connectivity index (χ0) is 20.1. The monoisotopic (exact) mass is 385 g/mol. The molecule has 1 fully saturated rings. The molecule has 2 aromatic carbocycles. The lowest BCUT2D eigenvalue weighted by Crippen LogP contribution is -2.39. The van der Waals surface area contributed by atoms with Gasteiger partial charge in [0.1, 0.15) is 11.9 Å². The van der Waals surface area contributed by atoms with Gasteiger partial charge in [-0.1, -0.05) is 24.3 Å². The van der Waals surface area contributed by atoms with Crippen LogP contribution in [0.1, 0.15) is 6.42 Å². The number of hydrogen-bond acceptors (Lipinski definition) is 4. The van der Waals surface area contributed by atoms with E-state index in [-0.39, 0.29) is 25.3 Å². The maximum absolute atomic E-state index is 13.3. The Morgan fingerprint density at radius 1 is 1.14 bits per heavy atom. The largest absolute Gasteiger partial charge is 0.383 e. The number of ether oxygens (including phenoxy) is 1. The number of carbonyl (C=O) groups excluding carboxylic acids is 3. The van der Waals surface area contributed by atoms with E-state index in [2.05, 4.69) is 5.32 Å². The molecule has 2 aromatic rings. The number of methoxy groups -OCH3 is 1. The lowest BCUT2D eigenvalue weighted by atomic mass is 10.1. The van der Waals surface area contributed by atoms with E-state index in [4.69, 9.17) is 4.74 Å². The molecule has 1 aliphatic heterocycles. The number of rotatable bonds is 7. The third kappa shape index (κ3) is 4.17. The molecule has 4 amide bonds. The molecule has 28 heavy (non-hydrogen) atoms. The average molecular weight is 385 g/mol. The summed E-state index contributed by atoms with van der Waals surface area (Å²) in [6, 6.07) is 12.5. The smallest absolute Gasteiger partial charge is 0.332 e. The summed E-state index contributed by atoms with van der Waals surface area (Å²) in [5, 5.41) is 2.56. The second kappa shape index (κ2) is 8.62. The lowest BCUT2D eigenvalue weighted by Gasteiger charge is -2.21. The number of benzene rings is 2. The molecule has 3 rings (SSSR count). The number of urea groups is 1. The van der Waals surface area contributed by atoms with Crippen LogP contribution in [-0.2, 0) is 14.3 Å². The summed E-state index contributed by atoms with van der Waals surface area (Å²) >= 11 is 0. The SMILES string of the molecule is COCCN1C(=O)N(c2ccccc2)C(=O)[C@@H]1CC(=O)Nc1cccc(F)c1. The molecule has 146 valence electrons. The lowest BCUT2D eigenvalue weighted by molar-refractivity contribution is -0.124. The first kappa shape index (κ1) is 19.5. The number of hydrogen-bond donors (Lipinski definition) is 1. The summed E-state index contributed by atoms with van der Waals surface area (Å²) in [4.78, 5) is 40.5. The third-order valence-electron chi connectivity index (χ3n) is 4.36. The van der Waals surface area contributed by atoms with Gasteiger partial charge in [0, 0.05) is 19.3 Å². The van der Waals surface area contributed by atoms with Crippen molar-refractivity contribution in [3.05, 3.63) is 60.4 Å². The number of carbonyl (C=O) groups is 3. The van der Waals surface area contributed by atoms with Crippen LogP contribution in [0.2, 0.25) is 0 Å². The topological polar surface area (TPSA) is 79.0 Å². The Hall–Kier alpha value is -3.26. The van der Waals surface area contributed by atoms with Gasteiger partial charge in [-0.25, -0.2) is 14.1 Å². The standard InChI is InChI=1S/C20H20FN3O4/c1-28-11-10-23-17(13-18(25)22-15-7-5-6-14(21)12-15)19(26)24(20(23)27)16-8-3-2-4-9-16/h2-9,12,17H,10-11,13H2,1H3,(H,22,25)/t17-/m0/s1. The van der Waals surface area contributed by atoms with Crippen molar-refractivity contribution >= 4 is 29.2 Å². The van der Waals surface area contributed by atoms with Gasteiger partial charge in [-0.05, 0) is 30.3 Å². The second-order valence-electron chi connectivity index (χ2n) is 6.26. The molecule has 0 radical (unpaired) electrons. The summed E-state index contributed by atoms with van der Waals surface area (Å²) in [7, 11) is 1.49. The molecule has 0 spiro atoms. The molecule has 0 saturated carbocycles. The van der Waals surface area contributed by atoms with E-state index >= 15 is 0 Å². The Bertz CT molecular complexity index is 875. The van der Waals surface area contributed by atoms with Crippen LogP contribution in [0.3, 0.4) is 0 Å². The van der Waals surface area contributed by atoms with Crippen LogP contribution >= 0.6 is 0 Å². The fourth-order valence-corrected chi connectivity index (χ4v) is 3.05. The molecule has 0 unspecified atom stereocenters. The summed E-state index contributed by atoms with van der Waals surface area (Å²) < 4.78 is 18.3. The molecule has 1 N–H and O–H groups in total.